The molecule has 1 saturated heterocycles. The van der Waals surface area contributed by atoms with Gasteiger partial charge in [-0.15, -0.1) is 24.8 Å². The van der Waals surface area contributed by atoms with Crippen molar-refractivity contribution in [1.29, 1.82) is 10.8 Å². The van der Waals surface area contributed by atoms with E-state index in [1.54, 1.807) is 0 Å². The number of likely N-dealkylation sites (tertiary alicyclic amines) is 1. The number of nitrogen functional groups attached to an aromatic ring is 1. The molecule has 0 atom stereocenters. The Labute approximate surface area is 207 Å². The van der Waals surface area contributed by atoms with Crippen LogP contribution in [0.5, 0.6) is 5.75 Å². The Bertz CT molecular complexity index is 1070. The van der Waals surface area contributed by atoms with Gasteiger partial charge in [0.2, 0.25) is 10.0 Å². The van der Waals surface area contributed by atoms with Gasteiger partial charge in [-0.25, -0.2) is 13.1 Å². The van der Waals surface area contributed by atoms with E-state index in [0.717, 1.165) is 31.5 Å². The topological polar surface area (TPSA) is 143 Å². The highest BCUT2D eigenvalue weighted by atomic mass is 35.5. The quantitative estimate of drug-likeness (QED) is 0.284. The van der Waals surface area contributed by atoms with Crippen molar-refractivity contribution in [3.8, 4) is 5.75 Å². The van der Waals surface area contributed by atoms with E-state index in [2.05, 4.69) is 21.8 Å². The molecule has 2 aromatic rings. The Morgan fingerprint density at radius 3 is 2.27 bits per heavy atom. The lowest BCUT2D eigenvalue weighted by Gasteiger charge is -2.33. The summed E-state index contributed by atoms with van der Waals surface area (Å²) in [6.07, 6.45) is 2.56. The lowest BCUT2D eigenvalue weighted by atomic mass is 9.89. The molecular weight excluding hydrogens is 485 g/mol. The Kier molecular flexibility index (Phi) is 10.6. The van der Waals surface area contributed by atoms with Crippen LogP contribution in [0.15, 0.2) is 47.4 Å². The molecule has 11 heteroatoms. The summed E-state index contributed by atoms with van der Waals surface area (Å²) in [6, 6.07) is 12.1. The lowest BCUT2D eigenvalue weighted by Crippen LogP contribution is -2.35. The van der Waals surface area contributed by atoms with Crippen LogP contribution in [0, 0.1) is 10.8 Å². The van der Waals surface area contributed by atoms with Gasteiger partial charge in [0.15, 0.2) is 0 Å². The number of halogens is 2. The molecule has 1 aliphatic rings. The van der Waals surface area contributed by atoms with Crippen molar-refractivity contribution in [1.82, 2.24) is 9.62 Å². The molecule has 0 amide bonds. The normalized spacial score (nSPS) is 14.2. The van der Waals surface area contributed by atoms with Gasteiger partial charge in [0, 0.05) is 25.2 Å². The zero-order chi connectivity index (χ0) is 22.6. The average molecular weight is 516 g/mol. The summed E-state index contributed by atoms with van der Waals surface area (Å²) in [5.74, 6) is 0.457. The minimum absolute atomic E-state index is 0. The number of nitrogens with two attached hydrogens (primary N) is 1. The number of piperidine rings is 1. The Morgan fingerprint density at radius 1 is 1.12 bits per heavy atom. The van der Waals surface area contributed by atoms with Crippen LogP contribution in [0.4, 0.5) is 0 Å². The number of aromatic hydroxyl groups is 1. The molecule has 3 rings (SSSR count). The number of sulfonamides is 1. The summed E-state index contributed by atoms with van der Waals surface area (Å²) in [5, 5.41) is 25.1. The molecule has 0 saturated carbocycles. The van der Waals surface area contributed by atoms with Gasteiger partial charge < -0.3 is 15.7 Å². The summed E-state index contributed by atoms with van der Waals surface area (Å²) in [4.78, 5) is 1.81. The van der Waals surface area contributed by atoms with E-state index < -0.39 is 10.0 Å². The zero-order valence-corrected chi connectivity index (χ0v) is 20.8. The van der Waals surface area contributed by atoms with Gasteiger partial charge in [0.05, 0.1) is 5.84 Å². The SMILES string of the molecule is CC(=N)N1CCC(c2ccc(CCNS(=O)(=O)c3cc(C(=N)N)ccc3O)cc2)CC1.Cl.Cl. The molecule has 182 valence electrons. The van der Waals surface area contributed by atoms with E-state index in [1.165, 1.54) is 23.8 Å². The first kappa shape index (κ1) is 28.7. The van der Waals surface area contributed by atoms with Gasteiger partial charge in [0.25, 0.3) is 0 Å². The third-order valence-electron chi connectivity index (χ3n) is 5.69. The molecule has 0 aliphatic carbocycles. The maximum atomic E-state index is 12.6. The molecule has 8 nitrogen and oxygen atoms in total. The van der Waals surface area contributed by atoms with Crippen molar-refractivity contribution < 1.29 is 13.5 Å². The molecule has 1 fully saturated rings. The average Bonchev–Trinajstić information content (AvgIpc) is 2.74. The fourth-order valence-corrected chi connectivity index (χ4v) is 4.96. The minimum atomic E-state index is -3.93. The molecule has 0 unspecified atom stereocenters. The lowest BCUT2D eigenvalue weighted by molar-refractivity contribution is 0.310. The van der Waals surface area contributed by atoms with Gasteiger partial charge in [-0.3, -0.25) is 10.8 Å². The number of hydrogen-bond donors (Lipinski definition) is 5. The third kappa shape index (κ3) is 7.33. The summed E-state index contributed by atoms with van der Waals surface area (Å²) in [7, 11) is -3.93. The highest BCUT2D eigenvalue weighted by Crippen LogP contribution is 2.28. The first-order valence-corrected chi connectivity index (χ1v) is 11.7. The van der Waals surface area contributed by atoms with Crippen LogP contribution >= 0.6 is 24.8 Å². The molecule has 0 aromatic heterocycles. The molecule has 0 bridgehead atoms. The predicted molar refractivity (Wildman–Crippen MR) is 136 cm³/mol. The molecule has 1 heterocycles. The number of phenols is 1. The van der Waals surface area contributed by atoms with E-state index in [9.17, 15) is 13.5 Å². The van der Waals surface area contributed by atoms with Crippen LogP contribution in [-0.4, -0.2) is 49.7 Å². The fraction of sp³-hybridized carbons (Fsp3) is 0.364. The number of rotatable bonds is 7. The van der Waals surface area contributed by atoms with Gasteiger partial charge in [-0.1, -0.05) is 24.3 Å². The maximum absolute atomic E-state index is 12.6. The monoisotopic (exact) mass is 515 g/mol. The van der Waals surface area contributed by atoms with E-state index in [0.29, 0.717) is 18.2 Å². The van der Waals surface area contributed by atoms with Crippen LogP contribution in [0.1, 0.15) is 42.4 Å². The van der Waals surface area contributed by atoms with Crippen molar-refractivity contribution in [2.24, 2.45) is 5.73 Å². The smallest absolute Gasteiger partial charge is 0.244 e. The summed E-state index contributed by atoms with van der Waals surface area (Å²) in [5.41, 5.74) is 7.93. The van der Waals surface area contributed by atoms with Crippen molar-refractivity contribution in [3.63, 3.8) is 0 Å². The summed E-state index contributed by atoms with van der Waals surface area (Å²) >= 11 is 0. The van der Waals surface area contributed by atoms with Crippen molar-refractivity contribution >= 4 is 46.5 Å². The molecule has 33 heavy (non-hydrogen) atoms. The first-order chi connectivity index (χ1) is 14.7. The largest absolute Gasteiger partial charge is 0.507 e. The molecular formula is C22H31Cl2N5O3S. The second-order valence-electron chi connectivity index (χ2n) is 7.83. The van der Waals surface area contributed by atoms with Crippen molar-refractivity contribution in [2.45, 2.75) is 37.0 Å². The summed E-state index contributed by atoms with van der Waals surface area (Å²) in [6.45, 7) is 3.82. The first-order valence-electron chi connectivity index (χ1n) is 10.2. The highest BCUT2D eigenvalue weighted by Gasteiger charge is 2.21. The van der Waals surface area contributed by atoms with Crippen molar-refractivity contribution in [3.05, 3.63) is 59.2 Å². The zero-order valence-electron chi connectivity index (χ0n) is 18.4. The molecule has 6 N–H and O–H groups in total. The van der Waals surface area contributed by atoms with E-state index in [-0.39, 0.29) is 53.4 Å². The van der Waals surface area contributed by atoms with E-state index in [4.69, 9.17) is 16.6 Å². The standard InChI is InChI=1S/C22H29N5O3S.2ClH/c1-15(23)27-12-9-18(10-13-27)17-4-2-16(3-5-17)8-11-26-31(29,30)21-14-19(22(24)25)6-7-20(21)28;;/h2-7,14,18,23,26,28H,8-13H2,1H3,(H3,24,25);2*1H. The van der Waals surface area contributed by atoms with Crippen LogP contribution in [0.25, 0.3) is 0 Å². The Morgan fingerprint density at radius 2 is 1.73 bits per heavy atom. The van der Waals surface area contributed by atoms with E-state index in [1.807, 2.05) is 19.1 Å². The van der Waals surface area contributed by atoms with Crippen LogP contribution < -0.4 is 10.5 Å². The fourth-order valence-electron chi connectivity index (χ4n) is 3.81. The van der Waals surface area contributed by atoms with E-state index >= 15 is 0 Å². The van der Waals surface area contributed by atoms with Gasteiger partial charge in [-0.2, -0.15) is 0 Å². The molecule has 0 radical (unpaired) electrons. The number of amidine groups is 2. The number of nitrogens with zero attached hydrogens (tertiary/aromatic N) is 1. The van der Waals surface area contributed by atoms with Gasteiger partial charge in [-0.05, 0) is 61.4 Å². The Hall–Kier alpha value is -2.33. The second kappa shape index (κ2) is 12.2. The molecule has 0 spiro atoms. The predicted octanol–water partition coefficient (Wildman–Crippen LogP) is 3.22. The van der Waals surface area contributed by atoms with Crippen molar-refractivity contribution in [2.75, 3.05) is 19.6 Å². The third-order valence-corrected chi connectivity index (χ3v) is 7.18. The van der Waals surface area contributed by atoms with Crippen LogP contribution in [0.2, 0.25) is 0 Å². The summed E-state index contributed by atoms with van der Waals surface area (Å²) < 4.78 is 27.6. The second-order valence-corrected chi connectivity index (χ2v) is 9.57. The van der Waals surface area contributed by atoms with Crippen LogP contribution in [0.3, 0.4) is 0 Å². The minimum Gasteiger partial charge on any atom is -0.507 e. The molecule has 2 aromatic carbocycles. The van der Waals surface area contributed by atoms with Crippen LogP contribution in [-0.2, 0) is 16.4 Å². The van der Waals surface area contributed by atoms with Gasteiger partial charge >= 0.3 is 0 Å². The number of nitrogens with one attached hydrogen (secondary N) is 3. The van der Waals surface area contributed by atoms with Gasteiger partial charge in [0.1, 0.15) is 16.5 Å². The number of benzene rings is 2. The maximum Gasteiger partial charge on any atom is 0.244 e. The Balaban J connectivity index is 0.00000272. The number of phenolic OH excluding ortho intramolecular Hbond substituents is 1. The number of hydrogen-bond acceptors (Lipinski definition) is 5. The highest BCUT2D eigenvalue weighted by molar-refractivity contribution is 7.89. The molecule has 1 aliphatic heterocycles.